The van der Waals surface area contributed by atoms with Crippen LogP contribution in [0.4, 0.5) is 0 Å². The second kappa shape index (κ2) is 7.55. The van der Waals surface area contributed by atoms with Crippen molar-refractivity contribution in [2.45, 2.75) is 32.2 Å². The normalized spacial score (nSPS) is 18.6. The average molecular weight is 334 g/mol. The molecule has 0 spiro atoms. The van der Waals surface area contributed by atoms with Crippen LogP contribution in [0.25, 0.3) is 10.8 Å². The van der Waals surface area contributed by atoms with Crippen LogP contribution in [0.1, 0.15) is 38.1 Å². The Bertz CT molecular complexity index is 588. The predicted octanol–water partition coefficient (Wildman–Crippen LogP) is 3.52. The maximum Gasteiger partial charge on any atom is 0.257 e. The van der Waals surface area contributed by atoms with Crippen molar-refractivity contribution in [3.8, 4) is 10.8 Å². The smallest absolute Gasteiger partial charge is 0.257 e. The molecule has 0 saturated carbocycles. The van der Waals surface area contributed by atoms with Crippen LogP contribution in [0.5, 0.6) is 0 Å². The maximum atomic E-state index is 5.89. The third kappa shape index (κ3) is 4.19. The molecule has 1 unspecified atom stereocenters. The number of rotatable bonds is 6. The number of hydrogen-bond donors (Lipinski definition) is 0. The Balaban J connectivity index is 1.54. The van der Waals surface area contributed by atoms with Gasteiger partial charge in [-0.3, -0.25) is 4.90 Å². The molecule has 0 aliphatic carbocycles. The van der Waals surface area contributed by atoms with E-state index < -0.39 is 0 Å². The fraction of sp³-hybridized carbons (Fsp3) is 0.647. The Labute approximate surface area is 142 Å². The molecule has 126 valence electrons. The molecular weight excluding hydrogens is 308 g/mol. The van der Waals surface area contributed by atoms with Gasteiger partial charge in [0.1, 0.15) is 0 Å². The van der Waals surface area contributed by atoms with Crippen LogP contribution >= 0.6 is 11.3 Å². The van der Waals surface area contributed by atoms with Crippen LogP contribution in [-0.4, -0.2) is 53.7 Å². The van der Waals surface area contributed by atoms with Crippen LogP contribution in [0.3, 0.4) is 0 Å². The Morgan fingerprint density at radius 1 is 1.35 bits per heavy atom. The fourth-order valence-corrected chi connectivity index (χ4v) is 3.77. The molecule has 6 heteroatoms. The molecule has 0 bridgehead atoms. The van der Waals surface area contributed by atoms with Gasteiger partial charge in [-0.2, -0.15) is 0 Å². The highest BCUT2D eigenvalue weighted by molar-refractivity contribution is 7.13. The SMILES string of the molecule is CC(c1nnc(-c2cccs2)o1)N1CCC(CCN(C)C)CC1. The lowest BCUT2D eigenvalue weighted by molar-refractivity contribution is 0.119. The van der Waals surface area contributed by atoms with E-state index >= 15 is 0 Å². The molecule has 3 rings (SSSR count). The van der Waals surface area contributed by atoms with E-state index in [1.165, 1.54) is 25.8 Å². The molecule has 0 amide bonds. The van der Waals surface area contributed by atoms with E-state index in [4.69, 9.17) is 4.42 Å². The molecule has 0 aromatic carbocycles. The molecule has 1 aliphatic rings. The molecule has 2 aromatic rings. The van der Waals surface area contributed by atoms with Crippen molar-refractivity contribution in [3.05, 3.63) is 23.4 Å². The van der Waals surface area contributed by atoms with Crippen molar-refractivity contribution in [1.29, 1.82) is 0 Å². The zero-order chi connectivity index (χ0) is 16.2. The van der Waals surface area contributed by atoms with E-state index in [1.54, 1.807) is 11.3 Å². The highest BCUT2D eigenvalue weighted by atomic mass is 32.1. The molecule has 1 aliphatic heterocycles. The summed E-state index contributed by atoms with van der Waals surface area (Å²) in [6.45, 7) is 5.60. The summed E-state index contributed by atoms with van der Waals surface area (Å²) in [5.74, 6) is 2.23. The van der Waals surface area contributed by atoms with Gasteiger partial charge < -0.3 is 9.32 Å². The molecule has 23 heavy (non-hydrogen) atoms. The van der Waals surface area contributed by atoms with Gasteiger partial charge in [0.25, 0.3) is 5.89 Å². The summed E-state index contributed by atoms with van der Waals surface area (Å²) >= 11 is 1.63. The minimum atomic E-state index is 0.200. The third-order valence-corrected chi connectivity index (χ3v) is 5.57. The van der Waals surface area contributed by atoms with Gasteiger partial charge in [0.05, 0.1) is 10.9 Å². The lowest BCUT2D eigenvalue weighted by atomic mass is 9.92. The number of thiophene rings is 1. The molecule has 0 N–H and O–H groups in total. The monoisotopic (exact) mass is 334 g/mol. The molecule has 1 fully saturated rings. The van der Waals surface area contributed by atoms with Crippen molar-refractivity contribution < 1.29 is 4.42 Å². The summed E-state index contributed by atoms with van der Waals surface area (Å²) in [6.07, 6.45) is 3.84. The third-order valence-electron chi connectivity index (χ3n) is 4.71. The number of aromatic nitrogens is 2. The second-order valence-electron chi connectivity index (χ2n) is 6.67. The first-order valence-electron chi connectivity index (χ1n) is 8.39. The quantitative estimate of drug-likeness (QED) is 0.809. The number of nitrogens with zero attached hydrogens (tertiary/aromatic N) is 4. The van der Waals surface area contributed by atoms with Crippen LogP contribution in [0, 0.1) is 5.92 Å². The summed E-state index contributed by atoms with van der Waals surface area (Å²) in [5, 5.41) is 10.5. The molecule has 0 radical (unpaired) electrons. The highest BCUT2D eigenvalue weighted by Crippen LogP contribution is 2.30. The van der Waals surface area contributed by atoms with Gasteiger partial charge in [0.2, 0.25) is 5.89 Å². The predicted molar refractivity (Wildman–Crippen MR) is 93.5 cm³/mol. The molecule has 1 saturated heterocycles. The first-order chi connectivity index (χ1) is 11.1. The van der Waals surface area contributed by atoms with Crippen molar-refractivity contribution >= 4 is 11.3 Å². The molecule has 2 aromatic heterocycles. The van der Waals surface area contributed by atoms with Gasteiger partial charge in [0.15, 0.2) is 0 Å². The largest absolute Gasteiger partial charge is 0.418 e. The van der Waals surface area contributed by atoms with Crippen LogP contribution < -0.4 is 0 Å². The van der Waals surface area contributed by atoms with Crippen LogP contribution in [0.15, 0.2) is 21.9 Å². The first-order valence-corrected chi connectivity index (χ1v) is 9.27. The Morgan fingerprint density at radius 3 is 2.78 bits per heavy atom. The number of likely N-dealkylation sites (tertiary alicyclic amines) is 1. The fourth-order valence-electron chi connectivity index (χ4n) is 3.13. The van der Waals surface area contributed by atoms with Crippen LogP contribution in [0.2, 0.25) is 0 Å². The minimum absolute atomic E-state index is 0.200. The van der Waals surface area contributed by atoms with Gasteiger partial charge in [-0.1, -0.05) is 6.07 Å². The van der Waals surface area contributed by atoms with Gasteiger partial charge in [0, 0.05) is 0 Å². The Kier molecular flexibility index (Phi) is 5.46. The average Bonchev–Trinajstić information content (AvgIpc) is 3.23. The van der Waals surface area contributed by atoms with Gasteiger partial charge >= 0.3 is 0 Å². The summed E-state index contributed by atoms with van der Waals surface area (Å²) in [5.41, 5.74) is 0. The molecule has 1 atom stereocenters. The number of piperidine rings is 1. The van der Waals surface area contributed by atoms with E-state index in [0.29, 0.717) is 5.89 Å². The standard InChI is InChI=1S/C17H26N4OS/c1-13(16-18-19-17(22-16)15-5-4-12-23-15)21-10-7-14(8-11-21)6-9-20(2)3/h4-5,12-14H,6-11H2,1-3H3. The summed E-state index contributed by atoms with van der Waals surface area (Å²) in [4.78, 5) is 5.79. The lowest BCUT2D eigenvalue weighted by Gasteiger charge is -2.34. The topological polar surface area (TPSA) is 45.4 Å². The number of hydrogen-bond acceptors (Lipinski definition) is 6. The van der Waals surface area contributed by atoms with Gasteiger partial charge in [-0.15, -0.1) is 21.5 Å². The minimum Gasteiger partial charge on any atom is -0.418 e. The van der Waals surface area contributed by atoms with Crippen LogP contribution in [-0.2, 0) is 0 Å². The summed E-state index contributed by atoms with van der Waals surface area (Å²) in [7, 11) is 4.30. The maximum absolute atomic E-state index is 5.89. The van der Waals surface area contributed by atoms with E-state index in [9.17, 15) is 0 Å². The summed E-state index contributed by atoms with van der Waals surface area (Å²) in [6, 6.07) is 4.22. The second-order valence-corrected chi connectivity index (χ2v) is 7.62. The van der Waals surface area contributed by atoms with Crippen molar-refractivity contribution in [2.24, 2.45) is 5.92 Å². The molecule has 3 heterocycles. The zero-order valence-electron chi connectivity index (χ0n) is 14.2. The van der Waals surface area contributed by atoms with E-state index in [2.05, 4.69) is 41.0 Å². The van der Waals surface area contributed by atoms with E-state index in [0.717, 1.165) is 29.8 Å². The van der Waals surface area contributed by atoms with Crippen molar-refractivity contribution in [3.63, 3.8) is 0 Å². The first kappa shape index (κ1) is 16.6. The Morgan fingerprint density at radius 2 is 2.13 bits per heavy atom. The molecule has 5 nitrogen and oxygen atoms in total. The van der Waals surface area contributed by atoms with Crippen molar-refractivity contribution in [1.82, 2.24) is 20.0 Å². The highest BCUT2D eigenvalue weighted by Gasteiger charge is 2.26. The molecular formula is C17H26N4OS. The van der Waals surface area contributed by atoms with E-state index in [1.807, 2.05) is 17.5 Å². The lowest BCUT2D eigenvalue weighted by Crippen LogP contribution is -2.36. The zero-order valence-corrected chi connectivity index (χ0v) is 15.1. The summed E-state index contributed by atoms with van der Waals surface area (Å²) < 4.78 is 5.89. The van der Waals surface area contributed by atoms with E-state index in [-0.39, 0.29) is 6.04 Å². The Hall–Kier alpha value is -1.24. The van der Waals surface area contributed by atoms with Gasteiger partial charge in [-0.25, -0.2) is 0 Å². The van der Waals surface area contributed by atoms with Gasteiger partial charge in [-0.05, 0) is 77.3 Å². The van der Waals surface area contributed by atoms with Crippen molar-refractivity contribution in [2.75, 3.05) is 33.7 Å².